The second kappa shape index (κ2) is 11.1. The number of methoxy groups -OCH3 is 3. The van der Waals surface area contributed by atoms with Crippen LogP contribution in [-0.4, -0.2) is 33.5 Å². The van der Waals surface area contributed by atoms with Crippen LogP contribution in [0.1, 0.15) is 39.5 Å². The molecule has 36 heavy (non-hydrogen) atoms. The van der Waals surface area contributed by atoms with Gasteiger partial charge in [0.1, 0.15) is 0 Å². The van der Waals surface area contributed by atoms with Crippen molar-refractivity contribution in [3.8, 4) is 28.4 Å². The van der Waals surface area contributed by atoms with Crippen molar-refractivity contribution in [2.45, 2.75) is 30.3 Å². The number of benzene rings is 2. The first-order chi connectivity index (χ1) is 17.4. The van der Waals surface area contributed by atoms with Crippen molar-refractivity contribution >= 4 is 17.7 Å². The number of ether oxygens (including phenoxy) is 3. The predicted molar refractivity (Wildman–Crippen MR) is 142 cm³/mol. The van der Waals surface area contributed by atoms with Crippen molar-refractivity contribution in [2.24, 2.45) is 5.73 Å². The van der Waals surface area contributed by atoms with Gasteiger partial charge in [0.2, 0.25) is 5.75 Å². The molecule has 0 bridgehead atoms. The lowest BCUT2D eigenvalue weighted by Gasteiger charge is -2.20. The molecule has 0 saturated carbocycles. The van der Waals surface area contributed by atoms with Crippen molar-refractivity contribution in [1.82, 2.24) is 5.32 Å². The van der Waals surface area contributed by atoms with Crippen molar-refractivity contribution in [3.63, 3.8) is 0 Å². The number of aryl methyl sites for hydroxylation is 1. The fourth-order valence-electron chi connectivity index (χ4n) is 4.65. The van der Waals surface area contributed by atoms with Crippen LogP contribution in [0.25, 0.3) is 11.1 Å². The highest BCUT2D eigenvalue weighted by Crippen LogP contribution is 2.50. The number of nitrogens with one attached hydrogen (secondary N) is 1. The average Bonchev–Trinajstić information content (AvgIpc) is 3.15. The molecule has 0 heterocycles. The van der Waals surface area contributed by atoms with Crippen LogP contribution < -0.4 is 30.7 Å². The second-order valence-electron chi connectivity index (χ2n) is 8.42. The Balaban J connectivity index is 1.90. The third-order valence-electron chi connectivity index (χ3n) is 6.48. The average molecular weight is 507 g/mol. The lowest BCUT2D eigenvalue weighted by Crippen LogP contribution is -2.29. The van der Waals surface area contributed by atoms with E-state index in [9.17, 15) is 9.59 Å². The summed E-state index contributed by atoms with van der Waals surface area (Å²) in [5.41, 5.74) is 10.4. The SMILES string of the molecule is COc1cc2c(c(OC)c1OC)-c1ccc(SC)c(=O)cc1[C@@H](NC(=O)c1ccc(CN)cc1)CC2. The molecule has 8 heteroatoms. The highest BCUT2D eigenvalue weighted by atomic mass is 32.2. The van der Waals surface area contributed by atoms with Crippen molar-refractivity contribution < 1.29 is 19.0 Å². The van der Waals surface area contributed by atoms with Crippen molar-refractivity contribution in [1.29, 1.82) is 0 Å². The third kappa shape index (κ3) is 4.79. The van der Waals surface area contributed by atoms with Crippen LogP contribution in [0.15, 0.2) is 58.2 Å². The number of carbonyl (C=O) groups is 1. The van der Waals surface area contributed by atoms with Gasteiger partial charge in [-0.15, -0.1) is 11.8 Å². The van der Waals surface area contributed by atoms with Gasteiger partial charge < -0.3 is 25.3 Å². The van der Waals surface area contributed by atoms with Crippen LogP contribution in [0.5, 0.6) is 17.2 Å². The lowest BCUT2D eigenvalue weighted by molar-refractivity contribution is 0.0935. The van der Waals surface area contributed by atoms with E-state index in [1.807, 2.05) is 36.6 Å². The van der Waals surface area contributed by atoms with Gasteiger partial charge in [-0.1, -0.05) is 18.2 Å². The molecule has 1 amide bonds. The Bertz CT molecular complexity index is 1340. The molecule has 3 aromatic carbocycles. The summed E-state index contributed by atoms with van der Waals surface area (Å²) in [6.45, 7) is 0.408. The zero-order valence-corrected chi connectivity index (χ0v) is 21.7. The van der Waals surface area contributed by atoms with Crippen LogP contribution in [0, 0.1) is 0 Å². The molecule has 0 spiro atoms. The number of hydrogen-bond donors (Lipinski definition) is 2. The van der Waals surface area contributed by atoms with Gasteiger partial charge in [-0.2, -0.15) is 0 Å². The Kier molecular flexibility index (Phi) is 7.86. The molecule has 0 fully saturated rings. The van der Waals surface area contributed by atoms with Gasteiger partial charge in [0, 0.05) is 17.7 Å². The standard InChI is InChI=1S/C28H30N2O5S/c1-33-23-13-18-9-11-21(30-28(32)17-7-5-16(15-29)6-8-17)20-14-22(31)24(36-4)12-10-19(20)25(18)27(35-3)26(23)34-2/h5-8,10,12-14,21H,9,11,15,29H2,1-4H3,(H,30,32)/t21-/m0/s1. The first-order valence-electron chi connectivity index (χ1n) is 11.6. The monoisotopic (exact) mass is 506 g/mol. The zero-order valence-electron chi connectivity index (χ0n) is 20.8. The first-order valence-corrected chi connectivity index (χ1v) is 12.8. The van der Waals surface area contributed by atoms with Gasteiger partial charge in [0.25, 0.3) is 5.91 Å². The molecule has 1 atom stereocenters. The Hall–Kier alpha value is -3.49. The molecule has 0 radical (unpaired) electrons. The van der Waals surface area contributed by atoms with E-state index >= 15 is 0 Å². The third-order valence-corrected chi connectivity index (χ3v) is 7.25. The molecule has 3 aromatic rings. The van der Waals surface area contributed by atoms with Crippen molar-refractivity contribution in [2.75, 3.05) is 27.6 Å². The Morgan fingerprint density at radius 1 is 1.03 bits per heavy atom. The topological polar surface area (TPSA) is 99.9 Å². The van der Waals surface area contributed by atoms with E-state index < -0.39 is 6.04 Å². The van der Waals surface area contributed by atoms with Gasteiger partial charge in [-0.3, -0.25) is 9.59 Å². The van der Waals surface area contributed by atoms with E-state index in [-0.39, 0.29) is 11.3 Å². The summed E-state index contributed by atoms with van der Waals surface area (Å²) in [5, 5.41) is 3.16. The predicted octanol–water partition coefficient (Wildman–Crippen LogP) is 4.34. The van der Waals surface area contributed by atoms with Gasteiger partial charge in [0.15, 0.2) is 16.9 Å². The highest BCUT2D eigenvalue weighted by molar-refractivity contribution is 7.98. The van der Waals surface area contributed by atoms with Crippen LogP contribution in [0.4, 0.5) is 0 Å². The van der Waals surface area contributed by atoms with Crippen molar-refractivity contribution in [3.05, 3.63) is 81.0 Å². The number of hydrogen-bond acceptors (Lipinski definition) is 7. The largest absolute Gasteiger partial charge is 0.493 e. The van der Waals surface area contributed by atoms with Gasteiger partial charge >= 0.3 is 0 Å². The Morgan fingerprint density at radius 2 is 1.75 bits per heavy atom. The summed E-state index contributed by atoms with van der Waals surface area (Å²) in [7, 11) is 4.74. The normalized spacial score (nSPS) is 14.2. The van der Waals surface area contributed by atoms with Crippen LogP contribution in [-0.2, 0) is 13.0 Å². The van der Waals surface area contributed by atoms with Gasteiger partial charge in [-0.05, 0) is 71.7 Å². The summed E-state index contributed by atoms with van der Waals surface area (Å²) in [6.07, 6.45) is 3.09. The summed E-state index contributed by atoms with van der Waals surface area (Å²) < 4.78 is 17.1. The molecule has 0 unspecified atom stereocenters. The minimum absolute atomic E-state index is 0.0989. The molecule has 0 aliphatic heterocycles. The molecular formula is C28H30N2O5S. The molecule has 1 aliphatic rings. The maximum Gasteiger partial charge on any atom is 0.251 e. The minimum Gasteiger partial charge on any atom is -0.493 e. The smallest absolute Gasteiger partial charge is 0.251 e. The molecule has 3 N–H and O–H groups in total. The van der Waals surface area contributed by atoms with Crippen LogP contribution in [0.3, 0.4) is 0 Å². The Morgan fingerprint density at radius 3 is 2.36 bits per heavy atom. The molecule has 0 saturated heterocycles. The summed E-state index contributed by atoms with van der Waals surface area (Å²) in [6, 6.07) is 14.1. The fraction of sp³-hybridized carbons (Fsp3) is 0.286. The molecule has 1 aliphatic carbocycles. The van der Waals surface area contributed by atoms with E-state index in [2.05, 4.69) is 5.32 Å². The first kappa shape index (κ1) is 25.6. The zero-order chi connectivity index (χ0) is 25.8. The lowest BCUT2D eigenvalue weighted by atomic mass is 9.95. The Labute approximate surface area is 215 Å². The number of fused-ring (bicyclic) bond motifs is 3. The molecule has 188 valence electrons. The summed E-state index contributed by atoms with van der Waals surface area (Å²) in [5.74, 6) is 1.35. The molecule has 0 aromatic heterocycles. The van der Waals surface area contributed by atoms with Gasteiger partial charge in [0.05, 0.1) is 32.3 Å². The highest BCUT2D eigenvalue weighted by Gasteiger charge is 2.30. The fourth-order valence-corrected chi connectivity index (χ4v) is 5.11. The second-order valence-corrected chi connectivity index (χ2v) is 9.27. The van der Waals surface area contributed by atoms with E-state index in [4.69, 9.17) is 19.9 Å². The van der Waals surface area contributed by atoms with Gasteiger partial charge in [-0.25, -0.2) is 0 Å². The number of nitrogens with two attached hydrogens (primary N) is 1. The van der Waals surface area contributed by atoms with E-state index in [1.165, 1.54) is 11.8 Å². The summed E-state index contributed by atoms with van der Waals surface area (Å²) in [4.78, 5) is 26.9. The van der Waals surface area contributed by atoms with E-state index in [0.29, 0.717) is 47.1 Å². The molecule has 4 rings (SSSR count). The maximum atomic E-state index is 13.2. The molecular weight excluding hydrogens is 476 g/mol. The number of thioether (sulfide) groups is 1. The number of carbonyl (C=O) groups excluding carboxylic acids is 1. The minimum atomic E-state index is -0.398. The number of amides is 1. The maximum absolute atomic E-state index is 13.2. The van der Waals surface area contributed by atoms with E-state index in [1.54, 1.807) is 39.5 Å². The number of rotatable bonds is 7. The van der Waals surface area contributed by atoms with Crippen LogP contribution >= 0.6 is 11.8 Å². The van der Waals surface area contributed by atoms with E-state index in [0.717, 1.165) is 27.8 Å². The van der Waals surface area contributed by atoms with Crippen LogP contribution in [0.2, 0.25) is 0 Å². The summed E-state index contributed by atoms with van der Waals surface area (Å²) >= 11 is 1.39. The quantitative estimate of drug-likeness (QED) is 0.460. The molecule has 7 nitrogen and oxygen atoms in total.